The Morgan fingerprint density at radius 2 is 1.94 bits per heavy atom. The molecular weight excluding hydrogens is 462 g/mol. The summed E-state index contributed by atoms with van der Waals surface area (Å²) in [5.41, 5.74) is 1.61. The average Bonchev–Trinajstić information content (AvgIpc) is 3.50. The van der Waals surface area contributed by atoms with Crippen molar-refractivity contribution in [3.05, 3.63) is 41.0 Å². The van der Waals surface area contributed by atoms with Gasteiger partial charge in [-0.3, -0.25) is 4.79 Å². The van der Waals surface area contributed by atoms with Crippen molar-refractivity contribution in [2.45, 2.75) is 46.0 Å². The third-order valence-electron chi connectivity index (χ3n) is 6.31. The van der Waals surface area contributed by atoms with E-state index < -0.39 is 0 Å². The van der Waals surface area contributed by atoms with Crippen molar-refractivity contribution in [1.29, 1.82) is 0 Å². The van der Waals surface area contributed by atoms with Crippen molar-refractivity contribution >= 4 is 44.3 Å². The molecule has 9 nitrogen and oxygen atoms in total. The number of benzene rings is 1. The van der Waals surface area contributed by atoms with Gasteiger partial charge in [-0.1, -0.05) is 37.7 Å². The van der Waals surface area contributed by atoms with Crippen LogP contribution in [-0.4, -0.2) is 68.7 Å². The topological polar surface area (TPSA) is 89.3 Å². The molecule has 3 aromatic heterocycles. The number of aryl methyl sites for hydroxylation is 1. The number of fused-ring (bicyclic) bond motifs is 2. The van der Waals surface area contributed by atoms with Crippen LogP contribution in [0.3, 0.4) is 0 Å². The lowest BCUT2D eigenvalue weighted by Gasteiger charge is -2.36. The van der Waals surface area contributed by atoms with Gasteiger partial charge in [0.1, 0.15) is 34.1 Å². The molecule has 0 unspecified atom stereocenters. The third kappa shape index (κ3) is 4.93. The van der Waals surface area contributed by atoms with Gasteiger partial charge in [-0.2, -0.15) is 0 Å². The molecule has 0 bridgehead atoms. The van der Waals surface area contributed by atoms with Crippen LogP contribution < -0.4 is 9.74 Å². The highest BCUT2D eigenvalue weighted by atomic mass is 32.1. The molecule has 35 heavy (non-hydrogen) atoms. The predicted molar refractivity (Wildman–Crippen MR) is 138 cm³/mol. The number of hydrogen-bond donors (Lipinski definition) is 0. The maximum absolute atomic E-state index is 12.8. The summed E-state index contributed by atoms with van der Waals surface area (Å²) in [6, 6.07) is 9.87. The van der Waals surface area contributed by atoms with Crippen LogP contribution in [-0.2, 0) is 11.2 Å². The van der Waals surface area contributed by atoms with E-state index in [1.54, 1.807) is 11.3 Å². The van der Waals surface area contributed by atoms with Gasteiger partial charge in [-0.15, -0.1) is 16.4 Å². The van der Waals surface area contributed by atoms with Crippen LogP contribution in [0, 0.1) is 0 Å². The molecule has 1 aromatic carbocycles. The van der Waals surface area contributed by atoms with Gasteiger partial charge in [0.15, 0.2) is 0 Å². The molecule has 4 heterocycles. The van der Waals surface area contributed by atoms with Gasteiger partial charge in [-0.25, -0.2) is 9.97 Å². The van der Waals surface area contributed by atoms with Crippen LogP contribution in [0.2, 0.25) is 0 Å². The predicted octanol–water partition coefficient (Wildman–Crippen LogP) is 3.68. The summed E-state index contributed by atoms with van der Waals surface area (Å²) in [5, 5.41) is 9.23. The highest BCUT2D eigenvalue weighted by Crippen LogP contribution is 2.33. The number of anilines is 1. The Kier molecular flexibility index (Phi) is 6.81. The van der Waals surface area contributed by atoms with E-state index in [9.17, 15) is 4.79 Å². The van der Waals surface area contributed by atoms with Crippen LogP contribution in [0.25, 0.3) is 21.3 Å². The molecule has 0 atom stereocenters. The van der Waals surface area contributed by atoms with E-state index >= 15 is 0 Å². The van der Waals surface area contributed by atoms with Crippen LogP contribution >= 0.6 is 11.3 Å². The van der Waals surface area contributed by atoms with Crippen molar-refractivity contribution < 1.29 is 9.63 Å². The molecule has 0 saturated carbocycles. The number of piperazine rings is 1. The zero-order valence-electron chi connectivity index (χ0n) is 20.5. The van der Waals surface area contributed by atoms with E-state index in [1.165, 1.54) is 9.72 Å². The quantitative estimate of drug-likeness (QED) is 0.346. The summed E-state index contributed by atoms with van der Waals surface area (Å²) < 4.78 is 0. The average molecular weight is 494 g/mol. The smallest absolute Gasteiger partial charge is 0.222 e. The number of thiophene rings is 1. The normalized spacial score (nSPS) is 14.4. The van der Waals surface area contributed by atoms with Crippen LogP contribution in [0.1, 0.15) is 50.2 Å². The highest BCUT2D eigenvalue weighted by Gasteiger charge is 2.24. The molecule has 0 aliphatic carbocycles. The molecule has 0 radical (unpaired) electrons. The largest absolute Gasteiger partial charge is 0.395 e. The number of para-hydroxylation sites is 1. The molecule has 0 spiro atoms. The van der Waals surface area contributed by atoms with E-state index in [0.29, 0.717) is 32.5 Å². The minimum absolute atomic E-state index is 0.163. The molecule has 10 heteroatoms. The fourth-order valence-corrected chi connectivity index (χ4v) is 5.26. The van der Waals surface area contributed by atoms with E-state index in [0.717, 1.165) is 52.4 Å². The van der Waals surface area contributed by atoms with E-state index in [4.69, 9.17) is 14.8 Å². The first-order valence-electron chi connectivity index (χ1n) is 12.3. The molecule has 0 N–H and O–H groups in total. The summed E-state index contributed by atoms with van der Waals surface area (Å²) in [6.45, 7) is 9.78. The van der Waals surface area contributed by atoms with Crippen LogP contribution in [0.15, 0.2) is 30.3 Å². The molecule has 5 rings (SSSR count). The Morgan fingerprint density at radius 1 is 1.14 bits per heavy atom. The lowest BCUT2D eigenvalue weighted by Crippen LogP contribution is -2.49. The van der Waals surface area contributed by atoms with Crippen molar-refractivity contribution in [3.63, 3.8) is 0 Å². The fourth-order valence-electron chi connectivity index (χ4n) is 4.29. The molecule has 1 aliphatic rings. The number of amides is 1. The van der Waals surface area contributed by atoms with Gasteiger partial charge in [-0.05, 0) is 36.3 Å². The number of hydrogen-bond acceptors (Lipinski definition) is 8. The lowest BCUT2D eigenvalue weighted by atomic mass is 10.2. The Bertz CT molecular complexity index is 1320. The molecule has 1 amide bonds. The zero-order valence-corrected chi connectivity index (χ0v) is 21.3. The number of aromatic nitrogens is 5. The molecule has 184 valence electrons. The van der Waals surface area contributed by atoms with Crippen molar-refractivity contribution in [1.82, 2.24) is 30.0 Å². The minimum atomic E-state index is 0.163. The first kappa shape index (κ1) is 23.5. The first-order chi connectivity index (χ1) is 17.0. The summed E-state index contributed by atoms with van der Waals surface area (Å²) in [4.78, 5) is 36.3. The van der Waals surface area contributed by atoms with E-state index in [1.807, 2.05) is 29.2 Å². The minimum Gasteiger partial charge on any atom is -0.395 e. The monoisotopic (exact) mass is 493 g/mol. The molecule has 1 aliphatic heterocycles. The summed E-state index contributed by atoms with van der Waals surface area (Å²) >= 11 is 1.76. The van der Waals surface area contributed by atoms with Gasteiger partial charge in [0.25, 0.3) is 0 Å². The van der Waals surface area contributed by atoms with Crippen LogP contribution in [0.4, 0.5) is 5.82 Å². The van der Waals surface area contributed by atoms with Gasteiger partial charge in [0.2, 0.25) is 5.91 Å². The maximum atomic E-state index is 12.8. The van der Waals surface area contributed by atoms with Crippen molar-refractivity contribution in [3.8, 4) is 0 Å². The lowest BCUT2D eigenvalue weighted by molar-refractivity contribution is -0.131. The van der Waals surface area contributed by atoms with Crippen molar-refractivity contribution in [2.24, 2.45) is 0 Å². The molecular formula is C25H31N7O2S. The second-order valence-corrected chi connectivity index (χ2v) is 10.2. The van der Waals surface area contributed by atoms with Gasteiger partial charge in [0, 0.05) is 43.4 Å². The summed E-state index contributed by atoms with van der Waals surface area (Å²) in [7, 11) is 0. The van der Waals surface area contributed by atoms with E-state index in [-0.39, 0.29) is 11.8 Å². The second kappa shape index (κ2) is 10.2. The Morgan fingerprint density at radius 3 is 2.71 bits per heavy atom. The number of rotatable bonds is 8. The Labute approximate surface area is 208 Å². The molecule has 1 fully saturated rings. The number of carbonyl (C=O) groups excluding carboxylic acids is 1. The zero-order chi connectivity index (χ0) is 24.4. The Hall–Kier alpha value is -3.27. The third-order valence-corrected chi connectivity index (χ3v) is 7.48. The molecule has 1 saturated heterocycles. The first-order valence-corrected chi connectivity index (χ1v) is 13.1. The van der Waals surface area contributed by atoms with Crippen molar-refractivity contribution in [2.75, 3.05) is 37.7 Å². The number of nitrogens with zero attached hydrogens (tertiary/aromatic N) is 7. The van der Waals surface area contributed by atoms with Crippen LogP contribution in [0.5, 0.6) is 0 Å². The van der Waals surface area contributed by atoms with Gasteiger partial charge < -0.3 is 14.6 Å². The standard InChI is InChI=1S/C25H31N7O2S/c1-4-18-16-19-24(26-23(17(2)3)27-25(19)35-18)31-13-11-30(12-14-31)22(33)10-7-15-34-32-21-9-6-5-8-20(21)28-29-32/h5-6,8-9,16-17H,4,7,10-15H2,1-3H3. The highest BCUT2D eigenvalue weighted by molar-refractivity contribution is 7.18. The summed E-state index contributed by atoms with van der Waals surface area (Å²) in [6.07, 6.45) is 2.08. The van der Waals surface area contributed by atoms with Gasteiger partial charge >= 0.3 is 0 Å². The number of carbonyl (C=O) groups is 1. The summed E-state index contributed by atoms with van der Waals surface area (Å²) in [5.74, 6) is 2.33. The second-order valence-electron chi connectivity index (χ2n) is 9.10. The maximum Gasteiger partial charge on any atom is 0.222 e. The SMILES string of the molecule is CCc1cc2c(N3CCN(C(=O)CCCOn4nnc5ccccc54)CC3)nc(C(C)C)nc2s1. The fraction of sp³-hybridized carbons (Fsp3) is 0.480. The Balaban J connectivity index is 1.16. The van der Waals surface area contributed by atoms with E-state index in [2.05, 4.69) is 42.0 Å². The molecule has 4 aromatic rings. The van der Waals surface area contributed by atoms with Gasteiger partial charge in [0.05, 0.1) is 5.39 Å².